The summed E-state index contributed by atoms with van der Waals surface area (Å²) in [6.07, 6.45) is 4.18. The predicted molar refractivity (Wildman–Crippen MR) is 67.7 cm³/mol. The SMILES string of the molecule is N#CC(Cc1ccncc1)c1ccc(Cl)cc1. The first-order chi connectivity index (χ1) is 8.29. The van der Waals surface area contributed by atoms with Crippen molar-refractivity contribution >= 4 is 11.6 Å². The molecule has 0 bridgehead atoms. The molecule has 1 heterocycles. The van der Waals surface area contributed by atoms with E-state index in [9.17, 15) is 5.26 Å². The molecule has 0 spiro atoms. The summed E-state index contributed by atoms with van der Waals surface area (Å²) >= 11 is 5.83. The molecule has 2 rings (SSSR count). The maximum absolute atomic E-state index is 9.21. The summed E-state index contributed by atoms with van der Waals surface area (Å²) in [6.45, 7) is 0. The Morgan fingerprint density at radius 1 is 1.12 bits per heavy atom. The Morgan fingerprint density at radius 2 is 1.76 bits per heavy atom. The van der Waals surface area contributed by atoms with E-state index in [1.807, 2.05) is 36.4 Å². The van der Waals surface area contributed by atoms with E-state index in [-0.39, 0.29) is 5.92 Å². The van der Waals surface area contributed by atoms with Crippen molar-refractivity contribution in [1.29, 1.82) is 5.26 Å². The molecular weight excluding hydrogens is 232 g/mol. The third kappa shape index (κ3) is 3.05. The molecule has 1 atom stereocenters. The summed E-state index contributed by atoms with van der Waals surface area (Å²) in [5, 5.41) is 9.90. The molecule has 0 fully saturated rings. The van der Waals surface area contributed by atoms with Gasteiger partial charge in [0.05, 0.1) is 12.0 Å². The van der Waals surface area contributed by atoms with Crippen molar-refractivity contribution in [3.05, 3.63) is 64.9 Å². The molecule has 0 saturated heterocycles. The lowest BCUT2D eigenvalue weighted by molar-refractivity contribution is 0.847. The molecule has 2 nitrogen and oxygen atoms in total. The Balaban J connectivity index is 2.18. The second-order valence-electron chi connectivity index (χ2n) is 3.79. The van der Waals surface area contributed by atoms with Gasteiger partial charge in [0.1, 0.15) is 0 Å². The van der Waals surface area contributed by atoms with Crippen molar-refractivity contribution in [2.45, 2.75) is 12.3 Å². The molecule has 0 N–H and O–H groups in total. The number of aromatic nitrogens is 1. The average Bonchev–Trinajstić information content (AvgIpc) is 2.38. The van der Waals surface area contributed by atoms with Crippen molar-refractivity contribution in [2.75, 3.05) is 0 Å². The standard InChI is InChI=1S/C14H11ClN2/c15-14-3-1-12(2-4-14)13(10-16)9-11-5-7-17-8-6-11/h1-8,13H,9H2. The van der Waals surface area contributed by atoms with Crippen molar-refractivity contribution in [3.8, 4) is 6.07 Å². The van der Waals surface area contributed by atoms with Crippen LogP contribution in [-0.4, -0.2) is 4.98 Å². The van der Waals surface area contributed by atoms with Gasteiger partial charge in [0.25, 0.3) is 0 Å². The van der Waals surface area contributed by atoms with Gasteiger partial charge < -0.3 is 0 Å². The monoisotopic (exact) mass is 242 g/mol. The fourth-order valence-electron chi connectivity index (χ4n) is 1.69. The third-order valence-electron chi connectivity index (χ3n) is 2.62. The number of pyridine rings is 1. The van der Waals surface area contributed by atoms with Crippen molar-refractivity contribution in [2.24, 2.45) is 0 Å². The lowest BCUT2D eigenvalue weighted by atomic mass is 9.94. The van der Waals surface area contributed by atoms with Crippen LogP contribution in [0.2, 0.25) is 5.02 Å². The van der Waals surface area contributed by atoms with Crippen molar-refractivity contribution < 1.29 is 0 Å². The summed E-state index contributed by atoms with van der Waals surface area (Å²) in [6, 6.07) is 13.6. The first-order valence-electron chi connectivity index (χ1n) is 5.33. The molecule has 0 aliphatic heterocycles. The summed E-state index contributed by atoms with van der Waals surface area (Å²) < 4.78 is 0. The van der Waals surface area contributed by atoms with E-state index in [1.54, 1.807) is 12.4 Å². The summed E-state index contributed by atoms with van der Waals surface area (Å²) in [4.78, 5) is 3.96. The van der Waals surface area contributed by atoms with E-state index in [2.05, 4.69) is 11.1 Å². The van der Waals surface area contributed by atoms with Crippen LogP contribution in [0.15, 0.2) is 48.8 Å². The Bertz CT molecular complexity index is 514. The summed E-state index contributed by atoms with van der Waals surface area (Å²) in [7, 11) is 0. The second-order valence-corrected chi connectivity index (χ2v) is 4.23. The highest BCUT2D eigenvalue weighted by Crippen LogP contribution is 2.21. The molecule has 1 unspecified atom stereocenters. The number of hydrogen-bond donors (Lipinski definition) is 0. The average molecular weight is 243 g/mol. The van der Waals surface area contributed by atoms with Gasteiger partial charge in [-0.1, -0.05) is 23.7 Å². The lowest BCUT2D eigenvalue weighted by Gasteiger charge is -2.09. The number of benzene rings is 1. The Morgan fingerprint density at radius 3 is 2.35 bits per heavy atom. The number of rotatable bonds is 3. The largest absolute Gasteiger partial charge is 0.265 e. The number of nitriles is 1. The van der Waals surface area contributed by atoms with E-state index in [0.717, 1.165) is 11.1 Å². The maximum atomic E-state index is 9.21. The zero-order valence-electron chi connectivity index (χ0n) is 9.18. The minimum atomic E-state index is -0.144. The lowest BCUT2D eigenvalue weighted by Crippen LogP contribution is -2.00. The maximum Gasteiger partial charge on any atom is 0.0753 e. The highest BCUT2D eigenvalue weighted by atomic mass is 35.5. The summed E-state index contributed by atoms with van der Waals surface area (Å²) in [5.74, 6) is -0.144. The van der Waals surface area contributed by atoms with Crippen LogP contribution in [-0.2, 0) is 6.42 Å². The minimum Gasteiger partial charge on any atom is -0.265 e. The predicted octanol–water partition coefficient (Wildman–Crippen LogP) is 3.58. The fourth-order valence-corrected chi connectivity index (χ4v) is 1.81. The number of hydrogen-bond acceptors (Lipinski definition) is 2. The smallest absolute Gasteiger partial charge is 0.0753 e. The normalized spacial score (nSPS) is 11.8. The van der Waals surface area contributed by atoms with E-state index in [4.69, 9.17) is 11.6 Å². The molecule has 3 heteroatoms. The Labute approximate surface area is 105 Å². The van der Waals surface area contributed by atoms with Gasteiger partial charge in [-0.3, -0.25) is 4.98 Å². The quantitative estimate of drug-likeness (QED) is 0.825. The third-order valence-corrected chi connectivity index (χ3v) is 2.87. The van der Waals surface area contributed by atoms with E-state index < -0.39 is 0 Å². The molecule has 0 aliphatic carbocycles. The zero-order valence-corrected chi connectivity index (χ0v) is 9.93. The van der Waals surface area contributed by atoms with Gasteiger partial charge in [-0.15, -0.1) is 0 Å². The first kappa shape index (κ1) is 11.6. The highest BCUT2D eigenvalue weighted by Gasteiger charge is 2.11. The van der Waals surface area contributed by atoms with Gasteiger partial charge in [-0.05, 0) is 41.8 Å². The molecule has 1 aromatic carbocycles. The van der Waals surface area contributed by atoms with E-state index in [1.165, 1.54) is 0 Å². The van der Waals surface area contributed by atoms with Crippen molar-refractivity contribution in [1.82, 2.24) is 4.98 Å². The van der Waals surface area contributed by atoms with Crippen LogP contribution in [0.3, 0.4) is 0 Å². The van der Waals surface area contributed by atoms with Gasteiger partial charge in [0.15, 0.2) is 0 Å². The van der Waals surface area contributed by atoms with Crippen molar-refractivity contribution in [3.63, 3.8) is 0 Å². The summed E-state index contributed by atoms with van der Waals surface area (Å²) in [5.41, 5.74) is 2.11. The van der Waals surface area contributed by atoms with Crippen LogP contribution in [0.4, 0.5) is 0 Å². The topological polar surface area (TPSA) is 36.7 Å². The van der Waals surface area contributed by atoms with Crippen LogP contribution in [0.25, 0.3) is 0 Å². The molecule has 0 aliphatic rings. The van der Waals surface area contributed by atoms with Gasteiger partial charge in [0, 0.05) is 17.4 Å². The van der Waals surface area contributed by atoms with E-state index in [0.29, 0.717) is 11.4 Å². The first-order valence-corrected chi connectivity index (χ1v) is 5.71. The molecule has 84 valence electrons. The van der Waals surface area contributed by atoms with Crippen LogP contribution in [0, 0.1) is 11.3 Å². The van der Waals surface area contributed by atoms with Crippen LogP contribution in [0.1, 0.15) is 17.0 Å². The Kier molecular flexibility index (Phi) is 3.74. The molecule has 17 heavy (non-hydrogen) atoms. The zero-order chi connectivity index (χ0) is 12.1. The molecule has 0 amide bonds. The molecule has 0 saturated carbocycles. The van der Waals surface area contributed by atoms with Crippen LogP contribution >= 0.6 is 11.6 Å². The Hall–Kier alpha value is -1.85. The van der Waals surface area contributed by atoms with Crippen LogP contribution in [0.5, 0.6) is 0 Å². The minimum absolute atomic E-state index is 0.144. The number of nitrogens with zero attached hydrogens (tertiary/aromatic N) is 2. The molecule has 1 aromatic heterocycles. The number of halogens is 1. The van der Waals surface area contributed by atoms with E-state index >= 15 is 0 Å². The van der Waals surface area contributed by atoms with Gasteiger partial charge in [-0.2, -0.15) is 5.26 Å². The second kappa shape index (κ2) is 5.47. The molecular formula is C14H11ClN2. The highest BCUT2D eigenvalue weighted by molar-refractivity contribution is 6.30. The van der Waals surface area contributed by atoms with Crippen LogP contribution < -0.4 is 0 Å². The van der Waals surface area contributed by atoms with Gasteiger partial charge >= 0.3 is 0 Å². The fraction of sp³-hybridized carbons (Fsp3) is 0.143. The molecule has 2 aromatic rings. The van der Waals surface area contributed by atoms with Gasteiger partial charge in [-0.25, -0.2) is 0 Å². The van der Waals surface area contributed by atoms with Gasteiger partial charge in [0.2, 0.25) is 0 Å². The molecule has 0 radical (unpaired) electrons.